The molecule has 0 spiro atoms. The van der Waals surface area contributed by atoms with Gasteiger partial charge in [0.1, 0.15) is 0 Å². The summed E-state index contributed by atoms with van der Waals surface area (Å²) in [4.78, 5) is 13.3. The Morgan fingerprint density at radius 3 is 2.46 bits per heavy atom. The van der Waals surface area contributed by atoms with Crippen LogP contribution < -0.4 is 10.6 Å². The largest absolute Gasteiger partial charge is 0.338 e. The van der Waals surface area contributed by atoms with Gasteiger partial charge in [-0.3, -0.25) is 0 Å². The number of nitrogens with zero attached hydrogens (tertiary/aromatic N) is 1. The van der Waals surface area contributed by atoms with E-state index < -0.39 is 0 Å². The summed E-state index contributed by atoms with van der Waals surface area (Å²) in [5, 5.41) is 6.20. The standard InChI is InChI=1S/C9H19N3O/c1-4-10-9(13)12-5-7(2)11-8(3)6-12/h7-8,11H,4-6H2,1-3H3,(H,10,13)/t7-,8+. The molecule has 2 atom stereocenters. The fourth-order valence-corrected chi connectivity index (χ4v) is 1.76. The van der Waals surface area contributed by atoms with Crippen LogP contribution in [0.5, 0.6) is 0 Å². The van der Waals surface area contributed by atoms with E-state index >= 15 is 0 Å². The number of carbonyl (C=O) groups excluding carboxylic acids is 1. The smallest absolute Gasteiger partial charge is 0.317 e. The molecule has 1 saturated heterocycles. The second-order valence-electron chi connectivity index (χ2n) is 3.71. The monoisotopic (exact) mass is 185 g/mol. The van der Waals surface area contributed by atoms with Crippen LogP contribution >= 0.6 is 0 Å². The van der Waals surface area contributed by atoms with E-state index in [2.05, 4.69) is 24.5 Å². The molecule has 13 heavy (non-hydrogen) atoms. The van der Waals surface area contributed by atoms with Crippen LogP contribution in [-0.2, 0) is 0 Å². The lowest BCUT2D eigenvalue weighted by atomic mass is 10.1. The minimum absolute atomic E-state index is 0.0581. The van der Waals surface area contributed by atoms with E-state index in [9.17, 15) is 4.79 Å². The number of hydrogen-bond acceptors (Lipinski definition) is 2. The molecule has 1 heterocycles. The minimum atomic E-state index is 0.0581. The lowest BCUT2D eigenvalue weighted by Crippen LogP contribution is -2.57. The molecule has 1 fully saturated rings. The first-order valence-electron chi connectivity index (χ1n) is 4.92. The number of amides is 2. The highest BCUT2D eigenvalue weighted by molar-refractivity contribution is 5.74. The zero-order valence-electron chi connectivity index (χ0n) is 8.63. The van der Waals surface area contributed by atoms with Crippen molar-refractivity contribution in [3.63, 3.8) is 0 Å². The highest BCUT2D eigenvalue weighted by Crippen LogP contribution is 2.03. The van der Waals surface area contributed by atoms with Gasteiger partial charge in [-0.15, -0.1) is 0 Å². The number of urea groups is 1. The van der Waals surface area contributed by atoms with E-state index in [-0.39, 0.29) is 6.03 Å². The molecule has 0 bridgehead atoms. The van der Waals surface area contributed by atoms with Gasteiger partial charge < -0.3 is 15.5 Å². The van der Waals surface area contributed by atoms with Crippen molar-refractivity contribution in [3.8, 4) is 0 Å². The third kappa shape index (κ3) is 2.88. The molecule has 0 aliphatic carbocycles. The number of carbonyl (C=O) groups is 1. The third-order valence-electron chi connectivity index (χ3n) is 2.17. The molecule has 76 valence electrons. The van der Waals surface area contributed by atoms with Crippen LogP contribution in [0, 0.1) is 0 Å². The molecule has 0 unspecified atom stereocenters. The molecule has 0 radical (unpaired) electrons. The molecule has 1 aliphatic heterocycles. The second-order valence-corrected chi connectivity index (χ2v) is 3.71. The van der Waals surface area contributed by atoms with Crippen LogP contribution in [0.2, 0.25) is 0 Å². The van der Waals surface area contributed by atoms with Crippen LogP contribution in [-0.4, -0.2) is 42.6 Å². The van der Waals surface area contributed by atoms with Gasteiger partial charge in [-0.1, -0.05) is 0 Å². The van der Waals surface area contributed by atoms with Crippen molar-refractivity contribution >= 4 is 6.03 Å². The van der Waals surface area contributed by atoms with Gasteiger partial charge in [-0.25, -0.2) is 4.79 Å². The predicted molar refractivity (Wildman–Crippen MR) is 52.7 cm³/mol. The SMILES string of the molecule is CCNC(=O)N1C[C@@H](C)N[C@@H](C)C1. The summed E-state index contributed by atoms with van der Waals surface area (Å²) in [6, 6.07) is 0.848. The molecule has 0 saturated carbocycles. The number of nitrogens with one attached hydrogen (secondary N) is 2. The normalized spacial score (nSPS) is 28.7. The van der Waals surface area contributed by atoms with Gasteiger partial charge >= 0.3 is 6.03 Å². The van der Waals surface area contributed by atoms with Crippen molar-refractivity contribution in [2.45, 2.75) is 32.9 Å². The van der Waals surface area contributed by atoms with E-state index in [1.54, 1.807) is 0 Å². The molecule has 0 aromatic rings. The first-order valence-corrected chi connectivity index (χ1v) is 4.92. The summed E-state index contributed by atoms with van der Waals surface area (Å²) in [5.74, 6) is 0. The highest BCUT2D eigenvalue weighted by atomic mass is 16.2. The summed E-state index contributed by atoms with van der Waals surface area (Å²) in [6.45, 7) is 8.44. The lowest BCUT2D eigenvalue weighted by molar-refractivity contribution is 0.165. The molecule has 0 aromatic carbocycles. The van der Waals surface area contributed by atoms with E-state index in [0.717, 1.165) is 13.1 Å². The van der Waals surface area contributed by atoms with Crippen molar-refractivity contribution in [2.75, 3.05) is 19.6 Å². The number of rotatable bonds is 1. The van der Waals surface area contributed by atoms with Crippen LogP contribution in [0.3, 0.4) is 0 Å². The molecular weight excluding hydrogens is 166 g/mol. The first kappa shape index (κ1) is 10.3. The lowest BCUT2D eigenvalue weighted by Gasteiger charge is -2.35. The summed E-state index contributed by atoms with van der Waals surface area (Å²) >= 11 is 0. The fourth-order valence-electron chi connectivity index (χ4n) is 1.76. The predicted octanol–water partition coefficient (Wildman–Crippen LogP) is 0.398. The maximum absolute atomic E-state index is 11.5. The van der Waals surface area contributed by atoms with E-state index in [0.29, 0.717) is 18.6 Å². The second kappa shape index (κ2) is 4.46. The summed E-state index contributed by atoms with van der Waals surface area (Å²) in [6.07, 6.45) is 0. The van der Waals surface area contributed by atoms with E-state index in [1.807, 2.05) is 11.8 Å². The maximum Gasteiger partial charge on any atom is 0.317 e. The molecule has 1 aliphatic rings. The molecule has 2 N–H and O–H groups in total. The summed E-state index contributed by atoms with van der Waals surface area (Å²) < 4.78 is 0. The minimum Gasteiger partial charge on any atom is -0.338 e. The highest BCUT2D eigenvalue weighted by Gasteiger charge is 2.23. The Morgan fingerprint density at radius 1 is 1.46 bits per heavy atom. The Kier molecular flexibility index (Phi) is 3.54. The van der Waals surface area contributed by atoms with Crippen LogP contribution in [0.15, 0.2) is 0 Å². The fraction of sp³-hybridized carbons (Fsp3) is 0.889. The molecular formula is C9H19N3O. The van der Waals surface area contributed by atoms with Crippen molar-refractivity contribution in [1.29, 1.82) is 0 Å². The van der Waals surface area contributed by atoms with Crippen molar-refractivity contribution in [3.05, 3.63) is 0 Å². The number of hydrogen-bond donors (Lipinski definition) is 2. The Balaban J connectivity index is 2.45. The topological polar surface area (TPSA) is 44.4 Å². The Labute approximate surface area is 79.7 Å². The van der Waals surface area contributed by atoms with E-state index in [1.165, 1.54) is 0 Å². The van der Waals surface area contributed by atoms with Crippen LogP contribution in [0.4, 0.5) is 4.79 Å². The van der Waals surface area contributed by atoms with Gasteiger partial charge in [0.25, 0.3) is 0 Å². The van der Waals surface area contributed by atoms with Crippen LogP contribution in [0.1, 0.15) is 20.8 Å². The average Bonchev–Trinajstić information content (AvgIpc) is 2.03. The van der Waals surface area contributed by atoms with Crippen molar-refractivity contribution < 1.29 is 4.79 Å². The Hall–Kier alpha value is -0.770. The van der Waals surface area contributed by atoms with Gasteiger partial charge in [-0.05, 0) is 20.8 Å². The molecule has 0 aromatic heterocycles. The molecule has 1 rings (SSSR count). The van der Waals surface area contributed by atoms with E-state index in [4.69, 9.17) is 0 Å². The average molecular weight is 185 g/mol. The Bertz CT molecular complexity index is 174. The van der Waals surface area contributed by atoms with Gasteiger partial charge in [0.15, 0.2) is 0 Å². The van der Waals surface area contributed by atoms with Crippen molar-refractivity contribution in [2.24, 2.45) is 0 Å². The van der Waals surface area contributed by atoms with Gasteiger partial charge in [0.2, 0.25) is 0 Å². The van der Waals surface area contributed by atoms with Crippen molar-refractivity contribution in [1.82, 2.24) is 15.5 Å². The third-order valence-corrected chi connectivity index (χ3v) is 2.17. The van der Waals surface area contributed by atoms with Gasteiger partial charge in [0, 0.05) is 31.7 Å². The van der Waals surface area contributed by atoms with Gasteiger partial charge in [-0.2, -0.15) is 0 Å². The van der Waals surface area contributed by atoms with Gasteiger partial charge in [0.05, 0.1) is 0 Å². The molecule has 2 amide bonds. The summed E-state index contributed by atoms with van der Waals surface area (Å²) in [5.41, 5.74) is 0. The zero-order valence-corrected chi connectivity index (χ0v) is 8.63. The molecule has 4 nitrogen and oxygen atoms in total. The zero-order chi connectivity index (χ0) is 9.84. The number of piperazine rings is 1. The van der Waals surface area contributed by atoms with Crippen LogP contribution in [0.25, 0.3) is 0 Å². The molecule has 4 heteroatoms. The first-order chi connectivity index (χ1) is 6.13. The quantitative estimate of drug-likeness (QED) is 0.621. The maximum atomic E-state index is 11.5. The Morgan fingerprint density at radius 2 is 2.00 bits per heavy atom. The summed E-state index contributed by atoms with van der Waals surface area (Å²) in [7, 11) is 0.